The van der Waals surface area contributed by atoms with Gasteiger partial charge in [0.2, 0.25) is 11.8 Å². The molecule has 0 saturated carbocycles. The van der Waals surface area contributed by atoms with Crippen molar-refractivity contribution in [2.24, 2.45) is 0 Å². The van der Waals surface area contributed by atoms with E-state index in [9.17, 15) is 9.59 Å². The number of aryl methyl sites for hydroxylation is 3. The fourth-order valence-electron chi connectivity index (χ4n) is 3.84. The van der Waals surface area contributed by atoms with Gasteiger partial charge in [-0.05, 0) is 54.7 Å². The minimum absolute atomic E-state index is 0.0595. The Morgan fingerprint density at radius 3 is 2.41 bits per heavy atom. The molecule has 0 fully saturated rings. The minimum atomic E-state index is -0.274. The van der Waals surface area contributed by atoms with Crippen LogP contribution in [0.2, 0.25) is 0 Å². The second kappa shape index (κ2) is 7.78. The summed E-state index contributed by atoms with van der Waals surface area (Å²) in [6.07, 6.45) is 3.94. The Balaban J connectivity index is 1.74. The molecule has 0 saturated heterocycles. The van der Waals surface area contributed by atoms with Crippen molar-refractivity contribution in [2.45, 2.75) is 46.7 Å². The lowest BCUT2D eigenvalue weighted by Gasteiger charge is -2.32. The predicted molar refractivity (Wildman–Crippen MR) is 108 cm³/mol. The van der Waals surface area contributed by atoms with Crippen LogP contribution in [0.1, 0.15) is 52.8 Å². The Bertz CT molecular complexity index is 891. The molecule has 140 valence electrons. The molecule has 0 aliphatic carbocycles. The Morgan fingerprint density at radius 1 is 1.07 bits per heavy atom. The van der Waals surface area contributed by atoms with E-state index in [1.165, 1.54) is 23.6 Å². The highest BCUT2D eigenvalue weighted by atomic mass is 16.2. The molecule has 0 bridgehead atoms. The summed E-state index contributed by atoms with van der Waals surface area (Å²) < 4.78 is 0. The molecular weight excluding hydrogens is 336 g/mol. The maximum absolute atomic E-state index is 12.7. The minimum Gasteiger partial charge on any atom is -0.352 e. The van der Waals surface area contributed by atoms with Crippen LogP contribution in [0, 0.1) is 20.8 Å². The first-order valence-electron chi connectivity index (χ1n) is 9.26. The average Bonchev–Trinajstić information content (AvgIpc) is 2.60. The van der Waals surface area contributed by atoms with Crippen LogP contribution in [0.4, 0.5) is 0 Å². The van der Waals surface area contributed by atoms with Crippen molar-refractivity contribution in [1.82, 2.24) is 10.2 Å². The van der Waals surface area contributed by atoms with E-state index in [1.54, 1.807) is 11.1 Å². The summed E-state index contributed by atoms with van der Waals surface area (Å²) in [5, 5.41) is 3.04. The summed E-state index contributed by atoms with van der Waals surface area (Å²) in [4.78, 5) is 26.4. The first kappa shape index (κ1) is 18.9. The Hall–Kier alpha value is -2.88. The second-order valence-corrected chi connectivity index (χ2v) is 7.24. The highest BCUT2D eigenvalue weighted by molar-refractivity contribution is 5.81. The van der Waals surface area contributed by atoms with Crippen molar-refractivity contribution >= 4 is 17.9 Å². The van der Waals surface area contributed by atoms with Crippen molar-refractivity contribution in [1.29, 1.82) is 0 Å². The van der Waals surface area contributed by atoms with Crippen LogP contribution in [-0.4, -0.2) is 16.7 Å². The van der Waals surface area contributed by atoms with Crippen molar-refractivity contribution in [3.8, 4) is 0 Å². The number of carbonyl (C=O) groups excluding carboxylic acids is 2. The van der Waals surface area contributed by atoms with Crippen LogP contribution in [-0.2, 0) is 16.1 Å². The van der Waals surface area contributed by atoms with Gasteiger partial charge >= 0.3 is 0 Å². The van der Waals surface area contributed by atoms with Gasteiger partial charge in [0.1, 0.15) is 0 Å². The van der Waals surface area contributed by atoms with Crippen molar-refractivity contribution in [3.63, 3.8) is 0 Å². The third-order valence-corrected chi connectivity index (χ3v) is 5.15. The number of hydrogen-bond donors (Lipinski definition) is 1. The highest BCUT2D eigenvalue weighted by Gasteiger charge is 2.28. The van der Waals surface area contributed by atoms with Gasteiger partial charge in [-0.2, -0.15) is 0 Å². The lowest BCUT2D eigenvalue weighted by atomic mass is 9.93. The molecule has 1 heterocycles. The summed E-state index contributed by atoms with van der Waals surface area (Å²) in [7, 11) is 0. The zero-order chi connectivity index (χ0) is 19.6. The topological polar surface area (TPSA) is 49.4 Å². The zero-order valence-electron chi connectivity index (χ0n) is 16.4. The fourth-order valence-corrected chi connectivity index (χ4v) is 3.84. The maximum atomic E-state index is 12.7. The molecule has 2 aromatic rings. The second-order valence-electron chi connectivity index (χ2n) is 7.24. The first-order valence-corrected chi connectivity index (χ1v) is 9.26. The maximum Gasteiger partial charge on any atom is 0.223 e. The number of nitrogens with one attached hydrogen (secondary N) is 1. The monoisotopic (exact) mass is 362 g/mol. The molecule has 3 rings (SSSR count). The fraction of sp³-hybridized carbons (Fsp3) is 0.304. The van der Waals surface area contributed by atoms with E-state index in [0.717, 1.165) is 16.7 Å². The SMILES string of the molecule is CC(=O)N1C=Cc2ccccc2C1CC(=O)NCc1c(C)cc(C)cc1C. The number of carbonyl (C=O) groups is 2. The van der Waals surface area contributed by atoms with Gasteiger partial charge in [0.05, 0.1) is 12.5 Å². The van der Waals surface area contributed by atoms with Crippen LogP contribution in [0.25, 0.3) is 6.08 Å². The van der Waals surface area contributed by atoms with Crippen molar-refractivity contribution in [3.05, 3.63) is 76.0 Å². The molecule has 2 amide bonds. The normalized spacial score (nSPS) is 15.4. The number of benzene rings is 2. The van der Waals surface area contributed by atoms with Crippen LogP contribution in [0.3, 0.4) is 0 Å². The van der Waals surface area contributed by atoms with Crippen LogP contribution in [0.5, 0.6) is 0 Å². The molecule has 1 N–H and O–H groups in total. The third-order valence-electron chi connectivity index (χ3n) is 5.15. The van der Waals surface area contributed by atoms with E-state index in [4.69, 9.17) is 0 Å². The summed E-state index contributed by atoms with van der Waals surface area (Å²) >= 11 is 0. The van der Waals surface area contributed by atoms with E-state index in [1.807, 2.05) is 30.3 Å². The number of amides is 2. The Labute approximate surface area is 160 Å². The zero-order valence-corrected chi connectivity index (χ0v) is 16.4. The molecule has 1 aliphatic rings. The standard InChI is InChI=1S/C23H26N2O2/c1-15-11-16(2)21(17(3)12-15)14-24-23(27)13-22-20-8-6-5-7-19(20)9-10-25(22)18(4)26/h5-12,22H,13-14H2,1-4H3,(H,24,27). The summed E-state index contributed by atoms with van der Waals surface area (Å²) in [6.45, 7) is 8.25. The largest absolute Gasteiger partial charge is 0.352 e. The van der Waals surface area contributed by atoms with Gasteiger partial charge in [0, 0.05) is 19.7 Å². The Morgan fingerprint density at radius 2 is 1.74 bits per heavy atom. The van der Waals surface area contributed by atoms with E-state index in [-0.39, 0.29) is 24.3 Å². The predicted octanol–water partition coefficient (Wildman–Crippen LogP) is 4.19. The smallest absolute Gasteiger partial charge is 0.223 e. The van der Waals surface area contributed by atoms with E-state index < -0.39 is 0 Å². The van der Waals surface area contributed by atoms with Crippen molar-refractivity contribution < 1.29 is 9.59 Å². The molecule has 4 heteroatoms. The molecule has 0 radical (unpaired) electrons. The number of fused-ring (bicyclic) bond motifs is 1. The molecule has 1 atom stereocenters. The summed E-state index contributed by atoms with van der Waals surface area (Å²) in [5.74, 6) is -0.125. The molecule has 1 aliphatic heterocycles. The highest BCUT2D eigenvalue weighted by Crippen LogP contribution is 2.32. The van der Waals surface area contributed by atoms with Crippen LogP contribution in [0.15, 0.2) is 42.6 Å². The van der Waals surface area contributed by atoms with Gasteiger partial charge in [-0.25, -0.2) is 0 Å². The van der Waals surface area contributed by atoms with E-state index in [2.05, 4.69) is 38.2 Å². The average molecular weight is 362 g/mol. The molecular formula is C23H26N2O2. The molecule has 2 aromatic carbocycles. The molecule has 27 heavy (non-hydrogen) atoms. The third kappa shape index (κ3) is 4.11. The Kier molecular flexibility index (Phi) is 5.45. The summed E-state index contributed by atoms with van der Waals surface area (Å²) in [5.41, 5.74) is 6.81. The number of nitrogens with zero attached hydrogens (tertiary/aromatic N) is 1. The van der Waals surface area contributed by atoms with Gasteiger partial charge in [-0.1, -0.05) is 42.0 Å². The number of hydrogen-bond acceptors (Lipinski definition) is 2. The van der Waals surface area contributed by atoms with Gasteiger partial charge in [-0.15, -0.1) is 0 Å². The molecule has 0 aromatic heterocycles. The molecule has 4 nitrogen and oxygen atoms in total. The molecule has 1 unspecified atom stereocenters. The van der Waals surface area contributed by atoms with Gasteiger partial charge in [-0.3, -0.25) is 9.59 Å². The summed E-state index contributed by atoms with van der Waals surface area (Å²) in [6, 6.07) is 11.9. The van der Waals surface area contributed by atoms with Crippen molar-refractivity contribution in [2.75, 3.05) is 0 Å². The van der Waals surface area contributed by atoms with Gasteiger partial charge in [0.15, 0.2) is 0 Å². The van der Waals surface area contributed by atoms with Crippen LogP contribution >= 0.6 is 0 Å². The van der Waals surface area contributed by atoms with E-state index >= 15 is 0 Å². The first-order chi connectivity index (χ1) is 12.9. The lowest BCUT2D eigenvalue weighted by Crippen LogP contribution is -2.35. The number of rotatable bonds is 4. The quantitative estimate of drug-likeness (QED) is 0.886. The van der Waals surface area contributed by atoms with E-state index in [0.29, 0.717) is 6.54 Å². The van der Waals surface area contributed by atoms with Gasteiger partial charge < -0.3 is 10.2 Å². The molecule has 0 spiro atoms. The lowest BCUT2D eigenvalue weighted by molar-refractivity contribution is -0.130. The van der Waals surface area contributed by atoms with Crippen LogP contribution < -0.4 is 5.32 Å². The van der Waals surface area contributed by atoms with Gasteiger partial charge in [0.25, 0.3) is 0 Å².